The number of para-hydroxylation sites is 1. The fourth-order valence-corrected chi connectivity index (χ4v) is 2.62. The zero-order valence-electron chi connectivity index (χ0n) is 14.0. The van der Waals surface area contributed by atoms with Gasteiger partial charge in [0.2, 0.25) is 11.3 Å². The van der Waals surface area contributed by atoms with Gasteiger partial charge in [-0.3, -0.25) is 24.4 Å². The molecule has 1 aromatic heterocycles. The second-order valence-corrected chi connectivity index (χ2v) is 5.80. The molecule has 0 aliphatic rings. The maximum atomic E-state index is 12.2. The van der Waals surface area contributed by atoms with E-state index in [1.807, 2.05) is 0 Å². The van der Waals surface area contributed by atoms with E-state index in [9.17, 15) is 19.7 Å². The lowest BCUT2D eigenvalue weighted by Crippen LogP contribution is -2.18. The third-order valence-electron chi connectivity index (χ3n) is 4.02. The van der Waals surface area contributed by atoms with E-state index < -0.39 is 4.92 Å². The third kappa shape index (κ3) is 3.59. The summed E-state index contributed by atoms with van der Waals surface area (Å²) >= 11 is 0. The van der Waals surface area contributed by atoms with Crippen molar-refractivity contribution in [2.45, 2.75) is 19.9 Å². The lowest BCUT2D eigenvalue weighted by Gasteiger charge is -2.10. The number of anilines is 1. The molecular weight excluding hydrogens is 336 g/mol. The van der Waals surface area contributed by atoms with Gasteiger partial charge in [0.15, 0.2) is 0 Å². The van der Waals surface area contributed by atoms with Crippen LogP contribution in [0.5, 0.6) is 0 Å². The van der Waals surface area contributed by atoms with Gasteiger partial charge in [0, 0.05) is 23.9 Å². The molecule has 1 N–H and O–H groups in total. The number of carbonyl (C=O) groups is 1. The molecule has 0 atom stereocenters. The van der Waals surface area contributed by atoms with Gasteiger partial charge >= 0.3 is 0 Å². The predicted molar refractivity (Wildman–Crippen MR) is 97.1 cm³/mol. The monoisotopic (exact) mass is 352 g/mol. The van der Waals surface area contributed by atoms with Crippen LogP contribution in [-0.2, 0) is 11.3 Å². The molecule has 3 rings (SSSR count). The number of non-ortho nitro benzene ring substituents is 1. The number of fused-ring (bicyclic) bond motifs is 1. The number of rotatable bonds is 5. The Labute approximate surface area is 148 Å². The number of carbonyl (C=O) groups excluding carboxylic acids is 1. The Morgan fingerprint density at radius 3 is 2.81 bits per heavy atom. The molecule has 0 bridgehead atoms. The van der Waals surface area contributed by atoms with E-state index in [1.54, 1.807) is 41.9 Å². The van der Waals surface area contributed by atoms with Crippen LogP contribution in [0, 0.1) is 17.0 Å². The van der Waals surface area contributed by atoms with Gasteiger partial charge in [0.05, 0.1) is 28.9 Å². The zero-order valence-corrected chi connectivity index (χ0v) is 14.0. The highest BCUT2D eigenvalue weighted by molar-refractivity contribution is 5.92. The largest absolute Gasteiger partial charge is 0.326 e. The van der Waals surface area contributed by atoms with Gasteiger partial charge in [-0.15, -0.1) is 0 Å². The topological polar surface area (TPSA) is 107 Å². The summed E-state index contributed by atoms with van der Waals surface area (Å²) < 4.78 is 1.59. The Kier molecular flexibility index (Phi) is 4.74. The molecule has 132 valence electrons. The molecule has 0 unspecified atom stereocenters. The minimum absolute atomic E-state index is 0.0843. The van der Waals surface area contributed by atoms with Crippen molar-refractivity contribution in [2.75, 3.05) is 5.32 Å². The second-order valence-electron chi connectivity index (χ2n) is 5.80. The van der Waals surface area contributed by atoms with Crippen molar-refractivity contribution in [3.8, 4) is 0 Å². The van der Waals surface area contributed by atoms with Gasteiger partial charge in [-0.25, -0.2) is 0 Å². The molecule has 0 spiro atoms. The summed E-state index contributed by atoms with van der Waals surface area (Å²) in [4.78, 5) is 34.4. The number of nitro benzene ring substituents is 1. The van der Waals surface area contributed by atoms with E-state index in [0.29, 0.717) is 16.6 Å². The van der Waals surface area contributed by atoms with Crippen LogP contribution >= 0.6 is 0 Å². The number of hydrogen-bond acceptors (Lipinski definition) is 5. The number of nitro groups is 1. The average Bonchev–Trinajstić information content (AvgIpc) is 2.63. The Balaban J connectivity index is 1.74. The molecular formula is C18H16N4O4. The van der Waals surface area contributed by atoms with Crippen LogP contribution in [0.15, 0.2) is 53.5 Å². The Morgan fingerprint density at radius 1 is 1.27 bits per heavy atom. The van der Waals surface area contributed by atoms with E-state index in [1.165, 1.54) is 18.3 Å². The van der Waals surface area contributed by atoms with Crippen LogP contribution in [0.2, 0.25) is 0 Å². The highest BCUT2D eigenvalue weighted by Crippen LogP contribution is 2.22. The molecule has 0 aliphatic carbocycles. The quantitative estimate of drug-likeness (QED) is 0.561. The minimum atomic E-state index is -0.508. The molecule has 0 saturated heterocycles. The number of amides is 1. The molecule has 3 aromatic rings. The molecule has 0 radical (unpaired) electrons. The summed E-state index contributed by atoms with van der Waals surface area (Å²) in [7, 11) is 0. The molecule has 2 aromatic carbocycles. The Morgan fingerprint density at radius 2 is 2.04 bits per heavy atom. The van der Waals surface area contributed by atoms with Gasteiger partial charge in [0.25, 0.3) is 5.69 Å². The number of hydrogen-bond donors (Lipinski definition) is 1. The summed E-state index contributed by atoms with van der Waals surface area (Å²) in [6, 6.07) is 11.4. The molecule has 1 heterocycles. The summed E-state index contributed by atoms with van der Waals surface area (Å²) in [5, 5.41) is 18.2. The van der Waals surface area contributed by atoms with Crippen molar-refractivity contribution in [1.82, 2.24) is 9.78 Å². The van der Waals surface area contributed by atoms with Crippen LogP contribution in [0.1, 0.15) is 12.0 Å². The molecule has 8 heteroatoms. The Bertz CT molecular complexity index is 1060. The predicted octanol–water partition coefficient (Wildman–Crippen LogP) is 2.64. The van der Waals surface area contributed by atoms with Crippen molar-refractivity contribution < 1.29 is 9.72 Å². The first-order chi connectivity index (χ1) is 12.5. The average molecular weight is 352 g/mol. The van der Waals surface area contributed by atoms with Crippen LogP contribution in [0.25, 0.3) is 10.9 Å². The van der Waals surface area contributed by atoms with Crippen molar-refractivity contribution in [2.24, 2.45) is 0 Å². The first kappa shape index (κ1) is 17.3. The van der Waals surface area contributed by atoms with Crippen LogP contribution in [0.4, 0.5) is 11.4 Å². The van der Waals surface area contributed by atoms with Gasteiger partial charge in [0.1, 0.15) is 0 Å². The summed E-state index contributed by atoms with van der Waals surface area (Å²) in [5.74, 6) is -0.293. The molecule has 26 heavy (non-hydrogen) atoms. The maximum absolute atomic E-state index is 12.2. The number of nitrogens with zero attached hydrogens (tertiary/aromatic N) is 3. The van der Waals surface area contributed by atoms with Crippen LogP contribution < -0.4 is 10.7 Å². The summed E-state index contributed by atoms with van der Waals surface area (Å²) in [6.07, 6.45) is 1.34. The minimum Gasteiger partial charge on any atom is -0.326 e. The molecule has 8 nitrogen and oxygen atoms in total. The van der Waals surface area contributed by atoms with E-state index in [0.717, 1.165) is 5.56 Å². The third-order valence-corrected chi connectivity index (χ3v) is 4.02. The zero-order chi connectivity index (χ0) is 18.7. The van der Waals surface area contributed by atoms with Crippen molar-refractivity contribution in [1.29, 1.82) is 0 Å². The number of aromatic nitrogens is 2. The standard InChI is InChI=1S/C18H16N4O4/c1-12-6-7-13(22(25)26)10-15(12)20-18(24)8-9-21-16-5-3-2-4-14(16)17(23)11-19-21/h2-7,10-11H,8-9H2,1H3,(H,20,24). The van der Waals surface area contributed by atoms with E-state index >= 15 is 0 Å². The highest BCUT2D eigenvalue weighted by Gasteiger charge is 2.12. The van der Waals surface area contributed by atoms with Gasteiger partial charge in [-0.05, 0) is 24.6 Å². The Hall–Kier alpha value is -3.55. The van der Waals surface area contributed by atoms with E-state index in [2.05, 4.69) is 10.4 Å². The fraction of sp³-hybridized carbons (Fsp3) is 0.167. The first-order valence-electron chi connectivity index (χ1n) is 7.95. The van der Waals surface area contributed by atoms with Crippen molar-refractivity contribution in [3.63, 3.8) is 0 Å². The molecule has 0 saturated carbocycles. The normalized spacial score (nSPS) is 10.7. The highest BCUT2D eigenvalue weighted by atomic mass is 16.6. The SMILES string of the molecule is Cc1ccc([N+](=O)[O-])cc1NC(=O)CCn1ncc(=O)c2ccccc21. The lowest BCUT2D eigenvalue weighted by atomic mass is 10.1. The lowest BCUT2D eigenvalue weighted by molar-refractivity contribution is -0.384. The molecule has 0 fully saturated rings. The van der Waals surface area contributed by atoms with Crippen LogP contribution in [-0.4, -0.2) is 20.6 Å². The van der Waals surface area contributed by atoms with Crippen LogP contribution in [0.3, 0.4) is 0 Å². The maximum Gasteiger partial charge on any atom is 0.271 e. The molecule has 1 amide bonds. The fourth-order valence-electron chi connectivity index (χ4n) is 2.62. The van der Waals surface area contributed by atoms with E-state index in [4.69, 9.17) is 0 Å². The number of nitrogens with one attached hydrogen (secondary N) is 1. The number of benzene rings is 2. The van der Waals surface area contributed by atoms with Crippen molar-refractivity contribution >= 4 is 28.2 Å². The summed E-state index contributed by atoms with van der Waals surface area (Å²) in [6.45, 7) is 2.04. The smallest absolute Gasteiger partial charge is 0.271 e. The van der Waals surface area contributed by atoms with Gasteiger partial charge in [-0.2, -0.15) is 5.10 Å². The van der Waals surface area contributed by atoms with E-state index in [-0.39, 0.29) is 30.0 Å². The number of aryl methyl sites for hydroxylation is 2. The first-order valence-corrected chi connectivity index (χ1v) is 7.95. The van der Waals surface area contributed by atoms with Crippen molar-refractivity contribution in [3.05, 3.63) is 74.6 Å². The molecule has 0 aliphatic heterocycles. The second kappa shape index (κ2) is 7.14. The van der Waals surface area contributed by atoms with Gasteiger partial charge in [-0.1, -0.05) is 18.2 Å². The van der Waals surface area contributed by atoms with Gasteiger partial charge < -0.3 is 5.32 Å². The summed E-state index contributed by atoms with van der Waals surface area (Å²) in [5.41, 5.74) is 1.53.